The van der Waals surface area contributed by atoms with Crippen molar-refractivity contribution in [3.8, 4) is 22.3 Å². The summed E-state index contributed by atoms with van der Waals surface area (Å²) in [6, 6.07) is 63.6. The fourth-order valence-corrected chi connectivity index (χ4v) is 9.40. The molecule has 0 atom stereocenters. The monoisotopic (exact) mass is 658 g/mol. The Morgan fingerprint density at radius 2 is 0.462 bits per heavy atom. The van der Waals surface area contributed by atoms with Gasteiger partial charge in [-0.2, -0.15) is 0 Å². The van der Waals surface area contributed by atoms with Gasteiger partial charge in [-0.05, 0) is 158 Å². The second-order valence-electron chi connectivity index (χ2n) is 14.4. The van der Waals surface area contributed by atoms with Crippen molar-refractivity contribution in [3.63, 3.8) is 0 Å². The van der Waals surface area contributed by atoms with Gasteiger partial charge in [0.25, 0.3) is 0 Å². The van der Waals surface area contributed by atoms with Gasteiger partial charge in [0.15, 0.2) is 0 Å². The highest BCUT2D eigenvalue weighted by Crippen LogP contribution is 2.49. The minimum Gasteiger partial charge on any atom is -0.0616 e. The van der Waals surface area contributed by atoms with Crippen LogP contribution in [-0.2, 0) is 0 Å². The summed E-state index contributed by atoms with van der Waals surface area (Å²) in [6.07, 6.45) is 0. The van der Waals surface area contributed by atoms with E-state index in [-0.39, 0.29) is 0 Å². The molecule has 0 spiro atoms. The number of fused-ring (bicyclic) bond motifs is 8. The highest BCUT2D eigenvalue weighted by molar-refractivity contribution is 6.29. The second-order valence-corrected chi connectivity index (χ2v) is 14.4. The molecule has 0 nitrogen and oxygen atoms in total. The first-order chi connectivity index (χ1) is 25.7. The maximum Gasteiger partial charge on any atom is -0.00141 e. The summed E-state index contributed by atoms with van der Waals surface area (Å²) in [6.45, 7) is 4.54. The van der Waals surface area contributed by atoms with Crippen molar-refractivity contribution in [1.82, 2.24) is 0 Å². The van der Waals surface area contributed by atoms with Gasteiger partial charge in [0.2, 0.25) is 0 Å². The molecule has 0 heteroatoms. The summed E-state index contributed by atoms with van der Waals surface area (Å²) in [5.41, 5.74) is 7.91. The normalized spacial score (nSPS) is 12.0. The fraction of sp³-hybridized carbons (Fsp3) is 0.0385. The van der Waals surface area contributed by atoms with Crippen molar-refractivity contribution in [2.75, 3.05) is 0 Å². The van der Waals surface area contributed by atoms with E-state index in [4.69, 9.17) is 0 Å². The quantitative estimate of drug-likeness (QED) is 0.162. The number of rotatable bonds is 2. The standard InChI is InChI=1S/C52H34/c1-31-37-17-7-11-23-43(37)51(44-24-12-8-18-38(31)44)49-41-21-5-3-15-33(41)27-35-30-48-36(29-47(35)49)28-34-16-4-6-22-42(34)50(48)52-45-25-13-9-19-39(45)32(2)40-20-10-14-26-46(40)52/h3-30H,1-2H3. The van der Waals surface area contributed by atoms with Crippen molar-refractivity contribution < 1.29 is 0 Å². The Hall–Kier alpha value is -6.50. The summed E-state index contributed by atoms with van der Waals surface area (Å²) in [4.78, 5) is 0. The third-order valence-electron chi connectivity index (χ3n) is 11.7. The fourth-order valence-electron chi connectivity index (χ4n) is 9.40. The van der Waals surface area contributed by atoms with Crippen LogP contribution in [-0.4, -0.2) is 0 Å². The third kappa shape index (κ3) is 4.04. The van der Waals surface area contributed by atoms with Crippen LogP contribution in [0.3, 0.4) is 0 Å². The SMILES string of the molecule is Cc1c2ccccc2c(-c2c3ccccc3cc3cc4c(-c5c6ccccc6c(C)c6ccccc56)c5ccccc5cc4cc23)c2ccccc12. The molecule has 0 aliphatic rings. The van der Waals surface area contributed by atoms with E-state index in [1.54, 1.807) is 0 Å². The van der Waals surface area contributed by atoms with Gasteiger partial charge < -0.3 is 0 Å². The van der Waals surface area contributed by atoms with Gasteiger partial charge in [-0.15, -0.1) is 0 Å². The second kappa shape index (κ2) is 11.0. The predicted molar refractivity (Wildman–Crippen MR) is 227 cm³/mol. The number of hydrogen-bond donors (Lipinski definition) is 0. The topological polar surface area (TPSA) is 0 Å². The Morgan fingerprint density at radius 3 is 0.788 bits per heavy atom. The Labute approximate surface area is 302 Å². The van der Waals surface area contributed by atoms with E-state index >= 15 is 0 Å². The maximum absolute atomic E-state index is 2.49. The molecule has 0 bridgehead atoms. The lowest BCUT2D eigenvalue weighted by molar-refractivity contribution is 1.58. The molecule has 11 aromatic carbocycles. The largest absolute Gasteiger partial charge is 0.0616 e. The number of aryl methyl sites for hydroxylation is 2. The van der Waals surface area contributed by atoms with Crippen LogP contribution in [0.2, 0.25) is 0 Å². The van der Waals surface area contributed by atoms with Crippen LogP contribution in [0.1, 0.15) is 11.1 Å². The van der Waals surface area contributed by atoms with Crippen LogP contribution in [0.25, 0.3) is 108 Å². The van der Waals surface area contributed by atoms with Gasteiger partial charge in [-0.1, -0.05) is 146 Å². The molecule has 0 aliphatic heterocycles. The molecule has 0 amide bonds. The van der Waals surface area contributed by atoms with Crippen LogP contribution in [0.5, 0.6) is 0 Å². The van der Waals surface area contributed by atoms with Crippen LogP contribution in [0.15, 0.2) is 170 Å². The average Bonchev–Trinajstić information content (AvgIpc) is 3.20. The summed E-state index contributed by atoms with van der Waals surface area (Å²) in [5, 5.41) is 20.6. The zero-order valence-corrected chi connectivity index (χ0v) is 29.2. The zero-order valence-electron chi connectivity index (χ0n) is 29.2. The van der Waals surface area contributed by atoms with E-state index in [0.717, 1.165) is 0 Å². The molecule has 0 heterocycles. The van der Waals surface area contributed by atoms with Crippen molar-refractivity contribution in [1.29, 1.82) is 0 Å². The molecule has 52 heavy (non-hydrogen) atoms. The van der Waals surface area contributed by atoms with Gasteiger partial charge in [0.05, 0.1) is 0 Å². The summed E-state index contributed by atoms with van der Waals surface area (Å²) >= 11 is 0. The third-order valence-corrected chi connectivity index (χ3v) is 11.7. The Morgan fingerprint density at radius 1 is 0.212 bits per heavy atom. The lowest BCUT2D eigenvalue weighted by Crippen LogP contribution is -1.94. The summed E-state index contributed by atoms with van der Waals surface area (Å²) in [7, 11) is 0. The highest BCUT2D eigenvalue weighted by Gasteiger charge is 2.21. The Kier molecular flexibility index (Phi) is 6.19. The highest BCUT2D eigenvalue weighted by atomic mass is 14.2. The van der Waals surface area contributed by atoms with E-state index in [1.807, 2.05) is 0 Å². The van der Waals surface area contributed by atoms with Gasteiger partial charge >= 0.3 is 0 Å². The Balaban J connectivity index is 1.37. The number of hydrogen-bond acceptors (Lipinski definition) is 0. The van der Waals surface area contributed by atoms with Crippen molar-refractivity contribution in [2.24, 2.45) is 0 Å². The summed E-state index contributed by atoms with van der Waals surface area (Å²) < 4.78 is 0. The molecule has 0 fully saturated rings. The van der Waals surface area contributed by atoms with E-state index in [2.05, 4.69) is 184 Å². The molecule has 11 aromatic rings. The van der Waals surface area contributed by atoms with Crippen molar-refractivity contribution in [3.05, 3.63) is 181 Å². The van der Waals surface area contributed by atoms with E-state index in [9.17, 15) is 0 Å². The molecule has 242 valence electrons. The van der Waals surface area contributed by atoms with E-state index < -0.39 is 0 Å². The molecule has 0 aliphatic carbocycles. The Bertz CT molecular complexity index is 2970. The molecule has 0 aromatic heterocycles. The first-order valence-corrected chi connectivity index (χ1v) is 18.3. The molecular weight excluding hydrogens is 625 g/mol. The summed E-state index contributed by atoms with van der Waals surface area (Å²) in [5.74, 6) is 0. The lowest BCUT2D eigenvalue weighted by Gasteiger charge is -2.21. The molecule has 0 saturated carbocycles. The minimum atomic E-state index is 1.26. The van der Waals surface area contributed by atoms with Gasteiger partial charge in [0.1, 0.15) is 0 Å². The predicted octanol–water partition coefficient (Wildman–Crippen LogP) is 14.9. The van der Waals surface area contributed by atoms with E-state index in [1.165, 1.54) is 120 Å². The molecule has 0 radical (unpaired) electrons. The van der Waals surface area contributed by atoms with E-state index in [0.29, 0.717) is 0 Å². The van der Waals surface area contributed by atoms with Gasteiger partial charge in [-0.3, -0.25) is 0 Å². The molecule has 0 N–H and O–H groups in total. The molecule has 0 unspecified atom stereocenters. The smallest absolute Gasteiger partial charge is 0.00141 e. The van der Waals surface area contributed by atoms with Crippen molar-refractivity contribution >= 4 is 86.2 Å². The van der Waals surface area contributed by atoms with Crippen LogP contribution >= 0.6 is 0 Å². The van der Waals surface area contributed by atoms with Crippen LogP contribution in [0, 0.1) is 13.8 Å². The van der Waals surface area contributed by atoms with Crippen molar-refractivity contribution in [2.45, 2.75) is 13.8 Å². The molecule has 11 rings (SSSR count). The first kappa shape index (κ1) is 29.3. The minimum absolute atomic E-state index is 1.26. The van der Waals surface area contributed by atoms with Gasteiger partial charge in [0, 0.05) is 0 Å². The van der Waals surface area contributed by atoms with Crippen LogP contribution < -0.4 is 0 Å². The number of benzene rings is 11. The lowest BCUT2D eigenvalue weighted by atomic mass is 9.82. The zero-order chi connectivity index (χ0) is 34.5. The molecular formula is C52H34. The average molecular weight is 659 g/mol. The van der Waals surface area contributed by atoms with Gasteiger partial charge in [-0.25, -0.2) is 0 Å². The van der Waals surface area contributed by atoms with Crippen LogP contribution in [0.4, 0.5) is 0 Å². The maximum atomic E-state index is 2.49. The molecule has 0 saturated heterocycles. The first-order valence-electron chi connectivity index (χ1n) is 18.3.